The number of hydrogen-bond donors (Lipinski definition) is 2. The van der Waals surface area contributed by atoms with Crippen molar-refractivity contribution in [1.29, 1.82) is 0 Å². The van der Waals surface area contributed by atoms with Crippen molar-refractivity contribution >= 4 is 0 Å². The first kappa shape index (κ1) is 13.7. The summed E-state index contributed by atoms with van der Waals surface area (Å²) in [6.07, 6.45) is 1.74. The summed E-state index contributed by atoms with van der Waals surface area (Å²) in [6.45, 7) is 6.53. The largest absolute Gasteiger partial charge is 0.342 e. The van der Waals surface area contributed by atoms with Crippen LogP contribution in [0.1, 0.15) is 31.2 Å². The molecule has 102 valence electrons. The summed E-state index contributed by atoms with van der Waals surface area (Å²) in [4.78, 5) is 7.63. The van der Waals surface area contributed by atoms with Crippen LogP contribution >= 0.6 is 0 Å². The lowest BCUT2D eigenvalue weighted by Gasteiger charge is -2.15. The minimum absolute atomic E-state index is 0.198. The zero-order valence-corrected chi connectivity index (χ0v) is 11.6. The average Bonchev–Trinajstić information content (AvgIpc) is 2.82. The van der Waals surface area contributed by atoms with Gasteiger partial charge in [-0.3, -0.25) is 0 Å². The third-order valence-electron chi connectivity index (χ3n) is 3.49. The molecule has 4 heteroatoms. The van der Waals surface area contributed by atoms with Gasteiger partial charge in [-0.15, -0.1) is 0 Å². The normalized spacial score (nSPS) is 12.9. The van der Waals surface area contributed by atoms with Gasteiger partial charge in [0.1, 0.15) is 11.6 Å². The second kappa shape index (κ2) is 5.53. The first-order chi connectivity index (χ1) is 9.02. The predicted octanol–water partition coefficient (Wildman–Crippen LogP) is 3.22. The predicted molar refractivity (Wildman–Crippen MR) is 75.4 cm³/mol. The molecule has 3 N–H and O–H groups in total. The molecule has 2 rings (SSSR count). The van der Waals surface area contributed by atoms with Crippen molar-refractivity contribution < 1.29 is 4.39 Å². The van der Waals surface area contributed by atoms with Crippen molar-refractivity contribution in [3.05, 3.63) is 41.6 Å². The molecule has 2 aromatic rings. The van der Waals surface area contributed by atoms with E-state index in [1.165, 1.54) is 6.07 Å². The lowest BCUT2D eigenvalue weighted by atomic mass is 9.95. The second-order valence-electron chi connectivity index (χ2n) is 5.23. The number of imidazole rings is 1. The van der Waals surface area contributed by atoms with Crippen molar-refractivity contribution in [2.45, 2.75) is 26.7 Å². The number of aryl methyl sites for hydroxylation is 1. The average molecular weight is 261 g/mol. The van der Waals surface area contributed by atoms with E-state index in [1.807, 2.05) is 6.07 Å². The Morgan fingerprint density at radius 3 is 2.68 bits per heavy atom. The molecule has 0 amide bonds. The molecule has 0 radical (unpaired) electrons. The lowest BCUT2D eigenvalue weighted by molar-refractivity contribution is 0.487. The number of nitrogens with one attached hydrogen (secondary N) is 1. The van der Waals surface area contributed by atoms with E-state index in [2.05, 4.69) is 23.8 Å². The van der Waals surface area contributed by atoms with E-state index in [0.717, 1.165) is 17.1 Å². The Kier molecular flexibility index (Phi) is 4.00. The van der Waals surface area contributed by atoms with E-state index >= 15 is 0 Å². The molecule has 0 saturated heterocycles. The van der Waals surface area contributed by atoms with E-state index < -0.39 is 0 Å². The summed E-state index contributed by atoms with van der Waals surface area (Å²) in [7, 11) is 0. The van der Waals surface area contributed by atoms with Crippen molar-refractivity contribution in [3.63, 3.8) is 0 Å². The van der Waals surface area contributed by atoms with Crippen LogP contribution in [0.25, 0.3) is 11.3 Å². The van der Waals surface area contributed by atoms with E-state index in [0.29, 0.717) is 18.0 Å². The maximum atomic E-state index is 13.6. The zero-order chi connectivity index (χ0) is 14.0. The first-order valence-electron chi connectivity index (χ1n) is 6.54. The molecule has 0 aliphatic carbocycles. The van der Waals surface area contributed by atoms with Gasteiger partial charge in [-0.05, 0) is 24.5 Å². The standard InChI is InChI=1S/C15H20FN3/c1-9(2)12(7-17)15-18-8-14(19-15)11-5-4-10(3)13(16)6-11/h4-6,8-9,12H,7,17H2,1-3H3,(H,18,19). The molecule has 0 saturated carbocycles. The summed E-state index contributed by atoms with van der Waals surface area (Å²) in [5.74, 6) is 1.28. The Labute approximate surface area is 113 Å². The molecule has 0 spiro atoms. The highest BCUT2D eigenvalue weighted by Gasteiger charge is 2.17. The van der Waals surface area contributed by atoms with Gasteiger partial charge >= 0.3 is 0 Å². The molecule has 1 heterocycles. The Morgan fingerprint density at radius 1 is 1.37 bits per heavy atom. The summed E-state index contributed by atoms with van der Waals surface area (Å²) in [6, 6.07) is 5.19. The number of H-pyrrole nitrogens is 1. The maximum absolute atomic E-state index is 13.6. The molecular weight excluding hydrogens is 241 g/mol. The number of benzene rings is 1. The van der Waals surface area contributed by atoms with E-state index in [9.17, 15) is 4.39 Å². The van der Waals surface area contributed by atoms with Gasteiger partial charge in [0.05, 0.1) is 11.9 Å². The van der Waals surface area contributed by atoms with Crippen LogP contribution in [0, 0.1) is 18.7 Å². The van der Waals surface area contributed by atoms with Crippen LogP contribution in [-0.4, -0.2) is 16.5 Å². The summed E-state index contributed by atoms with van der Waals surface area (Å²) < 4.78 is 13.6. The number of rotatable bonds is 4. The van der Waals surface area contributed by atoms with E-state index in [-0.39, 0.29) is 11.7 Å². The highest BCUT2D eigenvalue weighted by Crippen LogP contribution is 2.25. The van der Waals surface area contributed by atoms with Gasteiger partial charge in [0.2, 0.25) is 0 Å². The van der Waals surface area contributed by atoms with Crippen molar-refractivity contribution in [2.75, 3.05) is 6.54 Å². The van der Waals surface area contributed by atoms with Crippen molar-refractivity contribution in [3.8, 4) is 11.3 Å². The minimum Gasteiger partial charge on any atom is -0.342 e. The molecule has 3 nitrogen and oxygen atoms in total. The molecule has 0 aliphatic heterocycles. The minimum atomic E-state index is -0.201. The SMILES string of the molecule is Cc1ccc(-c2cnc(C(CN)C(C)C)[nH]2)cc1F. The Bertz CT molecular complexity index is 560. The smallest absolute Gasteiger partial charge is 0.126 e. The second-order valence-corrected chi connectivity index (χ2v) is 5.23. The van der Waals surface area contributed by atoms with Crippen LogP contribution in [0.5, 0.6) is 0 Å². The van der Waals surface area contributed by atoms with Gasteiger partial charge in [-0.2, -0.15) is 0 Å². The van der Waals surface area contributed by atoms with Gasteiger partial charge in [0.25, 0.3) is 0 Å². The van der Waals surface area contributed by atoms with E-state index in [1.54, 1.807) is 19.2 Å². The van der Waals surface area contributed by atoms with Crippen molar-refractivity contribution in [1.82, 2.24) is 9.97 Å². The molecular formula is C15H20FN3. The molecule has 0 aliphatic rings. The molecule has 19 heavy (non-hydrogen) atoms. The number of nitrogens with two attached hydrogens (primary N) is 1. The summed E-state index contributed by atoms with van der Waals surface area (Å²) in [5.41, 5.74) is 8.06. The molecule has 1 atom stereocenters. The molecule has 1 aromatic carbocycles. The third kappa shape index (κ3) is 2.84. The number of aromatic nitrogens is 2. The van der Waals surface area contributed by atoms with Gasteiger partial charge in [-0.25, -0.2) is 9.37 Å². The van der Waals surface area contributed by atoms with Crippen LogP contribution in [0.4, 0.5) is 4.39 Å². The third-order valence-corrected chi connectivity index (χ3v) is 3.49. The Hall–Kier alpha value is -1.68. The first-order valence-corrected chi connectivity index (χ1v) is 6.54. The Morgan fingerprint density at radius 2 is 2.11 bits per heavy atom. The number of nitrogens with zero attached hydrogens (tertiary/aromatic N) is 1. The van der Waals surface area contributed by atoms with Crippen LogP contribution in [0.2, 0.25) is 0 Å². The van der Waals surface area contributed by atoms with Crippen LogP contribution in [0.15, 0.2) is 24.4 Å². The quantitative estimate of drug-likeness (QED) is 0.887. The van der Waals surface area contributed by atoms with E-state index in [4.69, 9.17) is 5.73 Å². The number of halogens is 1. The molecule has 1 aromatic heterocycles. The molecule has 0 fully saturated rings. The molecule has 1 unspecified atom stereocenters. The Balaban J connectivity index is 2.32. The monoisotopic (exact) mass is 261 g/mol. The topological polar surface area (TPSA) is 54.7 Å². The fraction of sp³-hybridized carbons (Fsp3) is 0.400. The highest BCUT2D eigenvalue weighted by molar-refractivity contribution is 5.59. The summed E-state index contributed by atoms with van der Waals surface area (Å²) >= 11 is 0. The van der Waals surface area contributed by atoms with Crippen LogP contribution in [-0.2, 0) is 0 Å². The molecule has 0 bridgehead atoms. The summed E-state index contributed by atoms with van der Waals surface area (Å²) in [5, 5.41) is 0. The van der Waals surface area contributed by atoms with Gasteiger partial charge < -0.3 is 10.7 Å². The van der Waals surface area contributed by atoms with Crippen LogP contribution in [0.3, 0.4) is 0 Å². The fourth-order valence-electron chi connectivity index (χ4n) is 2.13. The van der Waals surface area contributed by atoms with Crippen LogP contribution < -0.4 is 5.73 Å². The fourth-order valence-corrected chi connectivity index (χ4v) is 2.13. The lowest BCUT2D eigenvalue weighted by Crippen LogP contribution is -2.19. The highest BCUT2D eigenvalue weighted by atomic mass is 19.1. The van der Waals surface area contributed by atoms with Crippen molar-refractivity contribution in [2.24, 2.45) is 11.7 Å². The maximum Gasteiger partial charge on any atom is 0.126 e. The van der Waals surface area contributed by atoms with Gasteiger partial charge in [-0.1, -0.05) is 26.0 Å². The number of aromatic amines is 1. The zero-order valence-electron chi connectivity index (χ0n) is 11.6. The number of hydrogen-bond acceptors (Lipinski definition) is 2. The van der Waals surface area contributed by atoms with Gasteiger partial charge in [0, 0.05) is 18.0 Å². The van der Waals surface area contributed by atoms with Gasteiger partial charge in [0.15, 0.2) is 0 Å².